The third-order valence-electron chi connectivity index (χ3n) is 3.99. The number of ether oxygens (including phenoxy) is 2. The molecule has 0 atom stereocenters. The van der Waals surface area contributed by atoms with Crippen LogP contribution in [0.3, 0.4) is 0 Å². The third-order valence-corrected chi connectivity index (χ3v) is 3.99. The van der Waals surface area contributed by atoms with Gasteiger partial charge in [-0.15, -0.1) is 0 Å². The highest BCUT2D eigenvalue weighted by molar-refractivity contribution is 6.13. The zero-order chi connectivity index (χ0) is 18.0. The quantitative estimate of drug-likeness (QED) is 0.778. The summed E-state index contributed by atoms with van der Waals surface area (Å²) >= 11 is 0. The molecule has 25 heavy (non-hydrogen) atoms. The van der Waals surface area contributed by atoms with Gasteiger partial charge in [-0.2, -0.15) is 0 Å². The fourth-order valence-corrected chi connectivity index (χ4v) is 2.76. The molecule has 0 aliphatic carbocycles. The SMILES string of the molecule is COc1ccc(OC)c(NC(=O)c2cc(C)nc3ccc(C)cc23)c1. The first-order chi connectivity index (χ1) is 12.0. The maximum Gasteiger partial charge on any atom is 0.256 e. The third kappa shape index (κ3) is 3.40. The molecule has 128 valence electrons. The topological polar surface area (TPSA) is 60.5 Å². The van der Waals surface area contributed by atoms with Gasteiger partial charge in [0.25, 0.3) is 5.91 Å². The van der Waals surface area contributed by atoms with E-state index >= 15 is 0 Å². The van der Waals surface area contributed by atoms with E-state index in [1.54, 1.807) is 38.5 Å². The Balaban J connectivity index is 2.05. The van der Waals surface area contributed by atoms with Crippen LogP contribution in [-0.2, 0) is 0 Å². The van der Waals surface area contributed by atoms with E-state index in [4.69, 9.17) is 9.47 Å². The van der Waals surface area contributed by atoms with Gasteiger partial charge >= 0.3 is 0 Å². The van der Waals surface area contributed by atoms with Crippen molar-refractivity contribution in [3.63, 3.8) is 0 Å². The number of aromatic nitrogens is 1. The van der Waals surface area contributed by atoms with Crippen molar-refractivity contribution in [1.82, 2.24) is 4.98 Å². The van der Waals surface area contributed by atoms with Gasteiger partial charge in [0.05, 0.1) is 31.0 Å². The van der Waals surface area contributed by atoms with Crippen molar-refractivity contribution in [2.75, 3.05) is 19.5 Å². The van der Waals surface area contributed by atoms with Crippen molar-refractivity contribution in [1.29, 1.82) is 0 Å². The molecule has 5 heteroatoms. The van der Waals surface area contributed by atoms with Crippen molar-refractivity contribution in [3.8, 4) is 11.5 Å². The number of carbonyl (C=O) groups excluding carboxylic acids is 1. The molecule has 2 aromatic carbocycles. The van der Waals surface area contributed by atoms with Crippen molar-refractivity contribution in [2.24, 2.45) is 0 Å². The number of benzene rings is 2. The van der Waals surface area contributed by atoms with Crippen LogP contribution in [0.5, 0.6) is 11.5 Å². The zero-order valence-corrected chi connectivity index (χ0v) is 14.7. The van der Waals surface area contributed by atoms with Gasteiger partial charge in [-0.1, -0.05) is 11.6 Å². The number of nitrogens with one attached hydrogen (secondary N) is 1. The molecule has 1 N–H and O–H groups in total. The highest BCUT2D eigenvalue weighted by atomic mass is 16.5. The minimum atomic E-state index is -0.215. The lowest BCUT2D eigenvalue weighted by molar-refractivity contribution is 0.102. The molecule has 0 spiro atoms. The van der Waals surface area contributed by atoms with Gasteiger partial charge in [-0.05, 0) is 44.2 Å². The van der Waals surface area contributed by atoms with E-state index in [0.717, 1.165) is 22.2 Å². The molecule has 0 aliphatic heterocycles. The number of rotatable bonds is 4. The van der Waals surface area contributed by atoms with Gasteiger partial charge in [0.15, 0.2) is 0 Å². The molecule has 1 amide bonds. The van der Waals surface area contributed by atoms with E-state index < -0.39 is 0 Å². The van der Waals surface area contributed by atoms with E-state index in [9.17, 15) is 4.79 Å². The lowest BCUT2D eigenvalue weighted by Gasteiger charge is -2.13. The number of aryl methyl sites for hydroxylation is 2. The number of nitrogens with zero attached hydrogens (tertiary/aromatic N) is 1. The molecule has 5 nitrogen and oxygen atoms in total. The number of fused-ring (bicyclic) bond motifs is 1. The molecule has 0 bridgehead atoms. The molecule has 0 saturated carbocycles. The summed E-state index contributed by atoms with van der Waals surface area (Å²) < 4.78 is 10.6. The number of amides is 1. The minimum Gasteiger partial charge on any atom is -0.497 e. The number of pyridine rings is 1. The fourth-order valence-electron chi connectivity index (χ4n) is 2.76. The van der Waals surface area contributed by atoms with Crippen LogP contribution in [0.15, 0.2) is 42.5 Å². The molecule has 0 aliphatic rings. The Bertz CT molecular complexity index is 951. The lowest BCUT2D eigenvalue weighted by Crippen LogP contribution is -2.14. The predicted octanol–water partition coefficient (Wildman–Crippen LogP) is 4.12. The molecule has 0 unspecified atom stereocenters. The van der Waals surface area contributed by atoms with Gasteiger partial charge in [-0.25, -0.2) is 0 Å². The van der Waals surface area contributed by atoms with Gasteiger partial charge in [0, 0.05) is 17.1 Å². The summed E-state index contributed by atoms with van der Waals surface area (Å²) in [7, 11) is 3.14. The highest BCUT2D eigenvalue weighted by Crippen LogP contribution is 2.30. The molecule has 3 aromatic rings. The van der Waals surface area contributed by atoms with Gasteiger partial charge in [-0.3, -0.25) is 9.78 Å². The van der Waals surface area contributed by atoms with Crippen LogP contribution in [0.4, 0.5) is 5.69 Å². The first-order valence-corrected chi connectivity index (χ1v) is 7.93. The van der Waals surface area contributed by atoms with Crippen LogP contribution in [0.2, 0.25) is 0 Å². The Morgan fingerprint density at radius 1 is 1.00 bits per heavy atom. The fraction of sp³-hybridized carbons (Fsp3) is 0.200. The summed E-state index contributed by atoms with van der Waals surface area (Å²) in [4.78, 5) is 17.4. The molecule has 0 saturated heterocycles. The largest absolute Gasteiger partial charge is 0.497 e. The number of methoxy groups -OCH3 is 2. The van der Waals surface area contributed by atoms with E-state index in [1.165, 1.54) is 0 Å². The van der Waals surface area contributed by atoms with E-state index in [0.29, 0.717) is 22.7 Å². The Hall–Kier alpha value is -3.08. The maximum atomic E-state index is 12.9. The normalized spacial score (nSPS) is 10.6. The first kappa shape index (κ1) is 16.8. The summed E-state index contributed by atoms with van der Waals surface area (Å²) in [5.41, 5.74) is 3.80. The molecule has 0 radical (unpaired) electrons. The summed E-state index contributed by atoms with van der Waals surface area (Å²) in [6, 6.07) is 13.0. The smallest absolute Gasteiger partial charge is 0.256 e. The predicted molar refractivity (Wildman–Crippen MR) is 98.7 cm³/mol. The average molecular weight is 336 g/mol. The van der Waals surface area contributed by atoms with E-state index in [2.05, 4.69) is 10.3 Å². The Kier molecular flexibility index (Phi) is 4.57. The van der Waals surface area contributed by atoms with Crippen LogP contribution in [0, 0.1) is 13.8 Å². The second-order valence-corrected chi connectivity index (χ2v) is 5.85. The first-order valence-electron chi connectivity index (χ1n) is 7.93. The highest BCUT2D eigenvalue weighted by Gasteiger charge is 2.15. The van der Waals surface area contributed by atoms with Crippen LogP contribution >= 0.6 is 0 Å². The molecule has 3 rings (SSSR count). The molecular weight excluding hydrogens is 316 g/mol. The zero-order valence-electron chi connectivity index (χ0n) is 14.7. The van der Waals surface area contributed by atoms with Crippen LogP contribution in [0.25, 0.3) is 10.9 Å². The van der Waals surface area contributed by atoms with E-state index in [-0.39, 0.29) is 5.91 Å². The van der Waals surface area contributed by atoms with Crippen molar-refractivity contribution < 1.29 is 14.3 Å². The Morgan fingerprint density at radius 2 is 1.80 bits per heavy atom. The number of carbonyl (C=O) groups is 1. The summed E-state index contributed by atoms with van der Waals surface area (Å²) in [5, 5.41) is 3.74. The second-order valence-electron chi connectivity index (χ2n) is 5.85. The van der Waals surface area contributed by atoms with Crippen molar-refractivity contribution in [2.45, 2.75) is 13.8 Å². The minimum absolute atomic E-state index is 0.215. The summed E-state index contributed by atoms with van der Waals surface area (Å²) in [5.74, 6) is 0.996. The van der Waals surface area contributed by atoms with Crippen LogP contribution in [-0.4, -0.2) is 25.1 Å². The lowest BCUT2D eigenvalue weighted by atomic mass is 10.0. The summed E-state index contributed by atoms with van der Waals surface area (Å²) in [6.07, 6.45) is 0. The molecule has 0 fully saturated rings. The number of hydrogen-bond donors (Lipinski definition) is 1. The van der Waals surface area contributed by atoms with Crippen molar-refractivity contribution >= 4 is 22.5 Å². The van der Waals surface area contributed by atoms with Crippen molar-refractivity contribution in [3.05, 3.63) is 59.3 Å². The monoisotopic (exact) mass is 336 g/mol. The van der Waals surface area contributed by atoms with Crippen LogP contribution < -0.4 is 14.8 Å². The number of anilines is 1. The average Bonchev–Trinajstić information content (AvgIpc) is 2.61. The molecule has 1 heterocycles. The Morgan fingerprint density at radius 3 is 2.52 bits per heavy atom. The molecule has 1 aromatic heterocycles. The standard InChI is InChI=1S/C20H20N2O3/c1-12-5-7-17-15(9-12)16(10-13(2)21-17)20(23)22-18-11-14(24-3)6-8-19(18)25-4/h5-11H,1-4H3,(H,22,23). The van der Waals surface area contributed by atoms with Gasteiger partial charge < -0.3 is 14.8 Å². The van der Waals surface area contributed by atoms with E-state index in [1.807, 2.05) is 32.0 Å². The molecular formula is C20H20N2O3. The van der Waals surface area contributed by atoms with Gasteiger partial charge in [0.2, 0.25) is 0 Å². The maximum absolute atomic E-state index is 12.9. The number of hydrogen-bond acceptors (Lipinski definition) is 4. The summed E-state index contributed by atoms with van der Waals surface area (Å²) in [6.45, 7) is 3.87. The van der Waals surface area contributed by atoms with Crippen LogP contribution in [0.1, 0.15) is 21.6 Å². The Labute approximate surface area is 146 Å². The van der Waals surface area contributed by atoms with Gasteiger partial charge in [0.1, 0.15) is 11.5 Å². The second kappa shape index (κ2) is 6.81.